The number of allylic oxidation sites excluding steroid dienone is 1. The van der Waals surface area contributed by atoms with Gasteiger partial charge in [-0.2, -0.15) is 0 Å². The van der Waals surface area contributed by atoms with E-state index < -0.39 is 0 Å². The number of rotatable bonds is 6. The van der Waals surface area contributed by atoms with Crippen LogP contribution in [0.15, 0.2) is 66.7 Å². The molecule has 0 aliphatic carbocycles. The fourth-order valence-corrected chi connectivity index (χ4v) is 4.21. The van der Waals surface area contributed by atoms with Crippen molar-refractivity contribution in [3.8, 4) is 22.6 Å². The van der Waals surface area contributed by atoms with Gasteiger partial charge in [0.05, 0.1) is 6.61 Å². The molecule has 2 aromatic carbocycles. The molecule has 0 spiro atoms. The van der Waals surface area contributed by atoms with Gasteiger partial charge in [0, 0.05) is 49.6 Å². The number of carbonyl (C=O) groups excluding carboxylic acids is 2. The van der Waals surface area contributed by atoms with Crippen LogP contribution in [0.25, 0.3) is 28.2 Å². The van der Waals surface area contributed by atoms with E-state index in [-0.39, 0.29) is 28.8 Å². The number of phenolic OH excluding ortho intramolecular Hbond substituents is 1. The third-order valence-electron chi connectivity index (χ3n) is 5.90. The van der Waals surface area contributed by atoms with Crippen LogP contribution < -0.4 is 10.1 Å². The van der Waals surface area contributed by atoms with Crippen LogP contribution >= 0.6 is 0 Å². The van der Waals surface area contributed by atoms with Gasteiger partial charge in [0.25, 0.3) is 5.91 Å². The highest BCUT2D eigenvalue weighted by molar-refractivity contribution is 6.17. The van der Waals surface area contributed by atoms with Gasteiger partial charge in [0.2, 0.25) is 5.78 Å². The molecule has 176 valence electrons. The van der Waals surface area contributed by atoms with E-state index in [4.69, 9.17) is 9.47 Å². The van der Waals surface area contributed by atoms with Crippen LogP contribution in [0.3, 0.4) is 0 Å². The van der Waals surface area contributed by atoms with Gasteiger partial charge >= 0.3 is 0 Å². The summed E-state index contributed by atoms with van der Waals surface area (Å²) in [6.45, 7) is 0.883. The van der Waals surface area contributed by atoms with Gasteiger partial charge in [-0.1, -0.05) is 18.2 Å². The van der Waals surface area contributed by atoms with E-state index in [1.54, 1.807) is 43.6 Å². The lowest BCUT2D eigenvalue weighted by molar-refractivity contribution is 0.0936. The maximum Gasteiger partial charge on any atom is 0.251 e. The maximum atomic E-state index is 12.9. The van der Waals surface area contributed by atoms with Crippen molar-refractivity contribution in [1.82, 2.24) is 14.9 Å². The number of hydrogen-bond donors (Lipinski definition) is 2. The number of ether oxygens (including phenoxy) is 2. The smallest absolute Gasteiger partial charge is 0.251 e. The van der Waals surface area contributed by atoms with Crippen molar-refractivity contribution in [2.75, 3.05) is 20.3 Å². The van der Waals surface area contributed by atoms with Crippen molar-refractivity contribution in [3.63, 3.8) is 0 Å². The monoisotopic (exact) mass is 469 g/mol. The average Bonchev–Trinajstić information content (AvgIpc) is 3.36. The number of methoxy groups -OCH3 is 1. The van der Waals surface area contributed by atoms with Crippen molar-refractivity contribution < 1.29 is 24.2 Å². The summed E-state index contributed by atoms with van der Waals surface area (Å²) in [7, 11) is 3.47. The third kappa shape index (κ3) is 4.04. The van der Waals surface area contributed by atoms with Crippen molar-refractivity contribution in [1.29, 1.82) is 0 Å². The van der Waals surface area contributed by atoms with E-state index in [0.29, 0.717) is 24.5 Å². The molecule has 2 aromatic heterocycles. The summed E-state index contributed by atoms with van der Waals surface area (Å²) in [4.78, 5) is 29.7. The van der Waals surface area contributed by atoms with Crippen LogP contribution in [-0.2, 0) is 11.8 Å². The van der Waals surface area contributed by atoms with Crippen LogP contribution in [0, 0.1) is 0 Å². The summed E-state index contributed by atoms with van der Waals surface area (Å²) in [5.41, 5.74) is 4.00. The Balaban J connectivity index is 1.53. The number of aromatic nitrogens is 2. The fourth-order valence-electron chi connectivity index (χ4n) is 4.21. The van der Waals surface area contributed by atoms with Crippen molar-refractivity contribution in [2.24, 2.45) is 7.05 Å². The van der Waals surface area contributed by atoms with E-state index >= 15 is 0 Å². The van der Waals surface area contributed by atoms with Crippen molar-refractivity contribution in [3.05, 3.63) is 83.4 Å². The highest BCUT2D eigenvalue weighted by Gasteiger charge is 2.30. The lowest BCUT2D eigenvalue weighted by Gasteiger charge is -2.08. The largest absolute Gasteiger partial charge is 0.507 e. The number of aromatic hydroxyl groups is 1. The number of Topliss-reactive ketones (excluding diaryl/α,β-unsaturated/α-hetero) is 1. The highest BCUT2D eigenvalue weighted by atomic mass is 16.5. The summed E-state index contributed by atoms with van der Waals surface area (Å²) >= 11 is 0. The first-order valence-electron chi connectivity index (χ1n) is 11.1. The standard InChI is InChI=1S/C27H23N3O5/c1-30-15-18(14-22-25(32)24-20(31)4-3-5-21(24)35-22)23-19(10-11-28-26(23)30)16-6-8-17(9-7-16)27(33)29-12-13-34-2/h3-11,14-15,31H,12-13H2,1-2H3,(H,29,33)/b22-14-. The average molecular weight is 469 g/mol. The quantitative estimate of drug-likeness (QED) is 0.328. The van der Waals surface area contributed by atoms with E-state index in [1.807, 2.05) is 36.0 Å². The summed E-state index contributed by atoms with van der Waals surface area (Å²) in [6, 6.07) is 14.0. The fraction of sp³-hybridized carbons (Fsp3) is 0.148. The number of aryl methyl sites for hydroxylation is 1. The van der Waals surface area contributed by atoms with Gasteiger partial charge in [-0.3, -0.25) is 9.59 Å². The molecule has 35 heavy (non-hydrogen) atoms. The zero-order valence-electron chi connectivity index (χ0n) is 19.2. The van der Waals surface area contributed by atoms with Gasteiger partial charge in [0.15, 0.2) is 5.76 Å². The van der Waals surface area contributed by atoms with E-state index in [2.05, 4.69) is 10.3 Å². The third-order valence-corrected chi connectivity index (χ3v) is 5.90. The van der Waals surface area contributed by atoms with E-state index in [0.717, 1.165) is 27.7 Å². The lowest BCUT2D eigenvalue weighted by Crippen LogP contribution is -2.26. The first kappa shape index (κ1) is 22.4. The number of hydrogen-bond acceptors (Lipinski definition) is 6. The van der Waals surface area contributed by atoms with Gasteiger partial charge in [-0.05, 0) is 47.5 Å². The normalized spacial score (nSPS) is 13.8. The predicted molar refractivity (Wildman–Crippen MR) is 131 cm³/mol. The Kier molecular flexibility index (Phi) is 5.80. The Morgan fingerprint density at radius 3 is 2.74 bits per heavy atom. The van der Waals surface area contributed by atoms with Crippen LogP contribution in [0.1, 0.15) is 26.3 Å². The van der Waals surface area contributed by atoms with E-state index in [9.17, 15) is 14.7 Å². The zero-order chi connectivity index (χ0) is 24.5. The minimum Gasteiger partial charge on any atom is -0.507 e. The molecule has 8 nitrogen and oxygen atoms in total. The molecule has 1 aliphatic heterocycles. The highest BCUT2D eigenvalue weighted by Crippen LogP contribution is 2.39. The number of fused-ring (bicyclic) bond motifs is 2. The molecular weight excluding hydrogens is 446 g/mol. The molecule has 0 bridgehead atoms. The first-order chi connectivity index (χ1) is 17.0. The van der Waals surface area contributed by atoms with Crippen molar-refractivity contribution in [2.45, 2.75) is 0 Å². The molecule has 1 aliphatic rings. The summed E-state index contributed by atoms with van der Waals surface area (Å²) < 4.78 is 12.6. The first-order valence-corrected chi connectivity index (χ1v) is 11.1. The van der Waals surface area contributed by atoms with Crippen LogP contribution in [0.4, 0.5) is 0 Å². The number of nitrogens with one attached hydrogen (secondary N) is 1. The Morgan fingerprint density at radius 1 is 1.20 bits per heavy atom. The van der Waals surface area contributed by atoms with Gasteiger partial charge in [0.1, 0.15) is 22.7 Å². The van der Waals surface area contributed by atoms with E-state index in [1.165, 1.54) is 6.07 Å². The Morgan fingerprint density at radius 2 is 2.00 bits per heavy atom. The molecule has 0 unspecified atom stereocenters. The molecule has 2 N–H and O–H groups in total. The molecule has 5 rings (SSSR count). The van der Waals surface area contributed by atoms with Gasteiger partial charge in [-0.25, -0.2) is 4.98 Å². The number of amides is 1. The molecule has 0 radical (unpaired) electrons. The number of carbonyl (C=O) groups is 2. The zero-order valence-corrected chi connectivity index (χ0v) is 19.2. The number of benzene rings is 2. The second-order valence-corrected chi connectivity index (χ2v) is 8.17. The van der Waals surface area contributed by atoms with Crippen LogP contribution in [-0.4, -0.2) is 46.6 Å². The summed E-state index contributed by atoms with van der Waals surface area (Å²) in [5, 5.41) is 13.8. The molecule has 0 saturated carbocycles. The molecule has 1 amide bonds. The number of ketones is 1. The summed E-state index contributed by atoms with van der Waals surface area (Å²) in [5.74, 6) is -0.184. The van der Waals surface area contributed by atoms with Crippen LogP contribution in [0.5, 0.6) is 11.5 Å². The van der Waals surface area contributed by atoms with Gasteiger partial charge < -0.3 is 24.5 Å². The SMILES string of the molecule is COCCNC(=O)c1ccc(-c2ccnc3c2c(/C=C2\Oc4cccc(O)c4C2=O)cn3C)cc1. The minimum absolute atomic E-state index is 0.109. The van der Waals surface area contributed by atoms with Crippen molar-refractivity contribution >= 4 is 28.8 Å². The number of pyridine rings is 1. The Bertz CT molecular complexity index is 1480. The second-order valence-electron chi connectivity index (χ2n) is 8.17. The van der Waals surface area contributed by atoms with Crippen LogP contribution in [0.2, 0.25) is 0 Å². The maximum absolute atomic E-state index is 12.9. The molecule has 4 aromatic rings. The molecule has 0 saturated heterocycles. The van der Waals surface area contributed by atoms with Gasteiger partial charge in [-0.15, -0.1) is 0 Å². The molecular formula is C27H23N3O5. The molecule has 0 atom stereocenters. The molecule has 0 fully saturated rings. The minimum atomic E-state index is -0.371. The second kappa shape index (κ2) is 9.08. The lowest BCUT2D eigenvalue weighted by atomic mass is 9.99. The number of phenols is 1. The molecule has 3 heterocycles. The molecule has 8 heteroatoms. The Hall–Kier alpha value is -4.43. The Labute approximate surface area is 201 Å². The predicted octanol–water partition coefficient (Wildman–Crippen LogP) is 3.94. The summed E-state index contributed by atoms with van der Waals surface area (Å²) in [6.07, 6.45) is 5.28. The number of nitrogens with zero attached hydrogens (tertiary/aromatic N) is 2. The topological polar surface area (TPSA) is 103 Å².